The van der Waals surface area contributed by atoms with Gasteiger partial charge in [0.2, 0.25) is 5.91 Å². The number of amides is 2. The summed E-state index contributed by atoms with van der Waals surface area (Å²) in [6, 6.07) is 5.67. The van der Waals surface area contributed by atoms with E-state index in [9.17, 15) is 9.59 Å². The highest BCUT2D eigenvalue weighted by Crippen LogP contribution is 2.28. The van der Waals surface area contributed by atoms with E-state index in [0.29, 0.717) is 37.4 Å². The normalized spacial score (nSPS) is 15.1. The molecule has 1 fully saturated rings. The van der Waals surface area contributed by atoms with Gasteiger partial charge in [-0.1, -0.05) is 13.0 Å². The first-order valence-electron chi connectivity index (χ1n) is 9.06. The van der Waals surface area contributed by atoms with Gasteiger partial charge in [0.25, 0.3) is 5.91 Å². The zero-order valence-electron chi connectivity index (χ0n) is 15.2. The molecule has 0 radical (unpaired) electrons. The number of thiazole rings is 1. The Morgan fingerprint density at radius 3 is 2.73 bits per heavy atom. The van der Waals surface area contributed by atoms with Crippen LogP contribution in [0, 0.1) is 12.8 Å². The maximum atomic E-state index is 12.9. The third-order valence-electron chi connectivity index (χ3n) is 4.58. The molecular weight excluding hydrogens is 348 g/mol. The molecular formula is C19H24N4O2S. The number of nitrogens with zero attached hydrogens (tertiary/aromatic N) is 3. The molecule has 138 valence electrons. The Bertz CT molecular complexity index is 767. The number of aryl methyl sites for hydroxylation is 1. The molecule has 2 aromatic heterocycles. The van der Waals surface area contributed by atoms with Crippen molar-refractivity contribution in [3.8, 4) is 10.7 Å². The van der Waals surface area contributed by atoms with Crippen LogP contribution in [-0.2, 0) is 4.79 Å². The molecule has 0 aromatic carbocycles. The quantitative estimate of drug-likeness (QED) is 0.876. The Morgan fingerprint density at radius 2 is 2.08 bits per heavy atom. The van der Waals surface area contributed by atoms with Crippen LogP contribution in [0.1, 0.15) is 41.6 Å². The van der Waals surface area contributed by atoms with E-state index in [2.05, 4.69) is 15.3 Å². The average Bonchev–Trinajstić information content (AvgIpc) is 3.08. The van der Waals surface area contributed by atoms with E-state index in [1.54, 1.807) is 6.20 Å². The first-order valence-corrected chi connectivity index (χ1v) is 9.87. The number of piperidine rings is 1. The molecule has 0 spiro atoms. The number of pyridine rings is 1. The average molecular weight is 372 g/mol. The number of nitrogens with one attached hydrogen (secondary N) is 1. The highest BCUT2D eigenvalue weighted by atomic mass is 32.1. The van der Waals surface area contributed by atoms with Crippen LogP contribution >= 0.6 is 11.3 Å². The van der Waals surface area contributed by atoms with Crippen LogP contribution in [-0.4, -0.2) is 46.3 Å². The van der Waals surface area contributed by atoms with Gasteiger partial charge in [0.1, 0.15) is 9.88 Å². The Hall–Kier alpha value is -2.28. The Balaban J connectivity index is 1.64. The summed E-state index contributed by atoms with van der Waals surface area (Å²) in [6.45, 7) is 5.84. The summed E-state index contributed by atoms with van der Waals surface area (Å²) in [5.74, 6) is 0.136. The molecule has 1 N–H and O–H groups in total. The Labute approximate surface area is 157 Å². The monoisotopic (exact) mass is 372 g/mol. The maximum Gasteiger partial charge on any atom is 0.265 e. The minimum atomic E-state index is 0.00889. The predicted molar refractivity (Wildman–Crippen MR) is 102 cm³/mol. The number of carbonyl (C=O) groups is 2. The van der Waals surface area contributed by atoms with E-state index in [4.69, 9.17) is 0 Å². The lowest BCUT2D eigenvalue weighted by Gasteiger charge is -2.31. The molecule has 3 rings (SSSR count). The summed E-state index contributed by atoms with van der Waals surface area (Å²) in [7, 11) is 0. The zero-order chi connectivity index (χ0) is 18.5. The molecule has 0 bridgehead atoms. The molecule has 0 atom stereocenters. The Kier molecular flexibility index (Phi) is 5.98. The molecule has 3 heterocycles. The molecule has 6 nitrogen and oxygen atoms in total. The molecule has 1 saturated heterocycles. The molecule has 0 saturated carbocycles. The molecule has 7 heteroatoms. The number of hydrogen-bond acceptors (Lipinski definition) is 5. The fraction of sp³-hybridized carbons (Fsp3) is 0.474. The van der Waals surface area contributed by atoms with Crippen LogP contribution in [0.3, 0.4) is 0 Å². The smallest absolute Gasteiger partial charge is 0.265 e. The summed E-state index contributed by atoms with van der Waals surface area (Å²) in [4.78, 5) is 36.3. The van der Waals surface area contributed by atoms with Crippen molar-refractivity contribution in [1.29, 1.82) is 0 Å². The minimum absolute atomic E-state index is 0.00889. The number of rotatable bonds is 5. The third-order valence-corrected chi connectivity index (χ3v) is 5.74. The van der Waals surface area contributed by atoms with E-state index in [-0.39, 0.29) is 17.7 Å². The van der Waals surface area contributed by atoms with Crippen molar-refractivity contribution in [3.05, 3.63) is 35.0 Å². The maximum absolute atomic E-state index is 12.9. The molecule has 1 aliphatic rings. The largest absolute Gasteiger partial charge is 0.356 e. The number of aromatic nitrogens is 2. The van der Waals surface area contributed by atoms with E-state index in [1.165, 1.54) is 11.3 Å². The number of hydrogen-bond donors (Lipinski definition) is 1. The van der Waals surface area contributed by atoms with Gasteiger partial charge in [0, 0.05) is 31.7 Å². The SMILES string of the molecule is CCCNC(=O)C1CCN(C(=O)c2sc(-c3ccccn3)nc2C)CC1. The van der Waals surface area contributed by atoms with Gasteiger partial charge < -0.3 is 10.2 Å². The first-order chi connectivity index (χ1) is 12.6. The summed E-state index contributed by atoms with van der Waals surface area (Å²) < 4.78 is 0. The second-order valence-electron chi connectivity index (χ2n) is 6.51. The summed E-state index contributed by atoms with van der Waals surface area (Å²) >= 11 is 1.39. The Morgan fingerprint density at radius 1 is 1.31 bits per heavy atom. The van der Waals surface area contributed by atoms with Gasteiger partial charge >= 0.3 is 0 Å². The lowest BCUT2D eigenvalue weighted by atomic mass is 9.95. The highest BCUT2D eigenvalue weighted by Gasteiger charge is 2.29. The summed E-state index contributed by atoms with van der Waals surface area (Å²) in [5.41, 5.74) is 1.52. The van der Waals surface area contributed by atoms with Gasteiger partial charge in [0.05, 0.1) is 11.4 Å². The van der Waals surface area contributed by atoms with E-state index < -0.39 is 0 Å². The predicted octanol–water partition coefficient (Wildman–Crippen LogP) is 2.89. The standard InChI is InChI=1S/C19H24N4O2S/c1-3-9-21-17(24)14-7-11-23(12-8-14)19(25)16-13(2)22-18(26-16)15-6-4-5-10-20-15/h4-6,10,14H,3,7-9,11-12H2,1-2H3,(H,21,24). The summed E-state index contributed by atoms with van der Waals surface area (Å²) in [6.07, 6.45) is 4.09. The van der Waals surface area contributed by atoms with Gasteiger partial charge in [-0.3, -0.25) is 14.6 Å². The number of likely N-dealkylation sites (tertiary alicyclic amines) is 1. The highest BCUT2D eigenvalue weighted by molar-refractivity contribution is 7.17. The minimum Gasteiger partial charge on any atom is -0.356 e. The second kappa shape index (κ2) is 8.40. The second-order valence-corrected chi connectivity index (χ2v) is 7.51. The van der Waals surface area contributed by atoms with Crippen LogP contribution in [0.4, 0.5) is 0 Å². The topological polar surface area (TPSA) is 75.2 Å². The van der Waals surface area contributed by atoms with Crippen molar-refractivity contribution >= 4 is 23.2 Å². The molecule has 0 unspecified atom stereocenters. The summed E-state index contributed by atoms with van der Waals surface area (Å²) in [5, 5.41) is 3.72. The van der Waals surface area contributed by atoms with Crippen molar-refractivity contribution < 1.29 is 9.59 Å². The van der Waals surface area contributed by atoms with Gasteiger partial charge in [-0.25, -0.2) is 4.98 Å². The van der Waals surface area contributed by atoms with Crippen molar-refractivity contribution in [2.24, 2.45) is 5.92 Å². The van der Waals surface area contributed by atoms with Crippen LogP contribution in [0.25, 0.3) is 10.7 Å². The zero-order valence-corrected chi connectivity index (χ0v) is 16.0. The fourth-order valence-electron chi connectivity index (χ4n) is 3.07. The van der Waals surface area contributed by atoms with Crippen LogP contribution < -0.4 is 5.32 Å². The van der Waals surface area contributed by atoms with Crippen molar-refractivity contribution in [2.75, 3.05) is 19.6 Å². The van der Waals surface area contributed by atoms with E-state index in [0.717, 1.165) is 22.8 Å². The van der Waals surface area contributed by atoms with Crippen LogP contribution in [0.15, 0.2) is 24.4 Å². The van der Waals surface area contributed by atoms with Crippen LogP contribution in [0.2, 0.25) is 0 Å². The van der Waals surface area contributed by atoms with Crippen molar-refractivity contribution in [2.45, 2.75) is 33.1 Å². The molecule has 2 aromatic rings. The van der Waals surface area contributed by atoms with E-state index in [1.807, 2.05) is 36.9 Å². The van der Waals surface area contributed by atoms with Crippen molar-refractivity contribution in [1.82, 2.24) is 20.2 Å². The van der Waals surface area contributed by atoms with Gasteiger partial charge in [-0.2, -0.15) is 0 Å². The van der Waals surface area contributed by atoms with Crippen LogP contribution in [0.5, 0.6) is 0 Å². The van der Waals surface area contributed by atoms with Gasteiger partial charge in [0.15, 0.2) is 0 Å². The molecule has 2 amide bonds. The molecule has 26 heavy (non-hydrogen) atoms. The lowest BCUT2D eigenvalue weighted by molar-refractivity contribution is -0.126. The van der Waals surface area contributed by atoms with E-state index >= 15 is 0 Å². The first kappa shape index (κ1) is 18.5. The van der Waals surface area contributed by atoms with Crippen molar-refractivity contribution in [3.63, 3.8) is 0 Å². The van der Waals surface area contributed by atoms with Gasteiger partial charge in [-0.05, 0) is 38.3 Å². The third kappa shape index (κ3) is 4.09. The van der Waals surface area contributed by atoms with Gasteiger partial charge in [-0.15, -0.1) is 11.3 Å². The molecule has 1 aliphatic heterocycles. The lowest BCUT2D eigenvalue weighted by Crippen LogP contribution is -2.43. The molecule has 0 aliphatic carbocycles. The fourth-order valence-corrected chi connectivity index (χ4v) is 4.09. The number of carbonyl (C=O) groups excluding carboxylic acids is 2.